The fraction of sp³-hybridized carbons (Fsp3) is 0.0588. The third kappa shape index (κ3) is 1.75. The fourth-order valence-electron chi connectivity index (χ4n) is 3.04. The number of nitrogens with one attached hydrogen (secondary N) is 1. The molecule has 2 aromatic carbocycles. The summed E-state index contributed by atoms with van der Waals surface area (Å²) >= 11 is 0. The van der Waals surface area contributed by atoms with E-state index in [1.54, 1.807) is 0 Å². The van der Waals surface area contributed by atoms with Crippen molar-refractivity contribution in [2.45, 2.75) is 6.17 Å². The molecule has 0 fully saturated rings. The monoisotopic (exact) mass is 303 g/mol. The number of nitrogens with two attached hydrogens (primary N) is 1. The summed E-state index contributed by atoms with van der Waals surface area (Å²) in [5.41, 5.74) is 8.64. The molecule has 0 saturated heterocycles. The normalized spacial score (nSPS) is 17.0. The third-order valence-corrected chi connectivity index (χ3v) is 4.04. The van der Waals surface area contributed by atoms with Gasteiger partial charge in [-0.1, -0.05) is 30.3 Å². The number of rotatable bonds is 1. The van der Waals surface area contributed by atoms with Crippen molar-refractivity contribution in [1.82, 2.24) is 9.55 Å². The number of imidazole rings is 1. The number of para-hydroxylation sites is 3. The summed E-state index contributed by atoms with van der Waals surface area (Å²) in [5.74, 6) is 1.74. The number of guanidine groups is 1. The topological polar surface area (TPSA) is 81.4 Å². The van der Waals surface area contributed by atoms with E-state index in [2.05, 4.69) is 15.3 Å². The summed E-state index contributed by atoms with van der Waals surface area (Å²) in [6, 6.07) is 17.8. The molecule has 0 unspecified atom stereocenters. The van der Waals surface area contributed by atoms with Gasteiger partial charge < -0.3 is 10.2 Å². The second-order valence-corrected chi connectivity index (χ2v) is 5.49. The van der Waals surface area contributed by atoms with E-state index in [1.807, 2.05) is 59.2 Å². The maximum Gasteiger partial charge on any atom is 0.212 e. The number of hydrogen-bond donors (Lipinski definition) is 2. The molecule has 112 valence electrons. The minimum absolute atomic E-state index is 0.332. The summed E-state index contributed by atoms with van der Waals surface area (Å²) in [6.07, 6.45) is -0.369. The Morgan fingerprint density at radius 3 is 2.83 bits per heavy atom. The number of aromatic nitrogens is 2. The predicted molar refractivity (Wildman–Crippen MR) is 89.3 cm³/mol. The summed E-state index contributed by atoms with van der Waals surface area (Å²) in [6.45, 7) is 0. The largest absolute Gasteiger partial charge is 0.457 e. The lowest BCUT2D eigenvalue weighted by molar-refractivity contribution is 0.465. The van der Waals surface area contributed by atoms with E-state index in [1.165, 1.54) is 0 Å². The van der Waals surface area contributed by atoms with Gasteiger partial charge in [0, 0.05) is 5.39 Å². The van der Waals surface area contributed by atoms with Crippen LogP contribution in [-0.2, 0) is 0 Å². The second-order valence-electron chi connectivity index (χ2n) is 5.49. The number of anilines is 1. The van der Waals surface area contributed by atoms with E-state index >= 15 is 0 Å². The quantitative estimate of drug-likeness (QED) is 0.566. The first-order valence-corrected chi connectivity index (χ1v) is 7.35. The summed E-state index contributed by atoms with van der Waals surface area (Å²) in [4.78, 5) is 9.11. The zero-order valence-corrected chi connectivity index (χ0v) is 12.1. The van der Waals surface area contributed by atoms with Gasteiger partial charge in [-0.25, -0.2) is 9.98 Å². The van der Waals surface area contributed by atoms with Crippen molar-refractivity contribution in [3.63, 3.8) is 0 Å². The Balaban J connectivity index is 1.77. The maximum atomic E-state index is 5.99. The van der Waals surface area contributed by atoms with Crippen LogP contribution in [0.2, 0.25) is 0 Å². The molecule has 0 bridgehead atoms. The number of furan rings is 1. The molecule has 1 aliphatic rings. The van der Waals surface area contributed by atoms with Crippen LogP contribution in [0.25, 0.3) is 22.0 Å². The van der Waals surface area contributed by atoms with Gasteiger partial charge in [-0.05, 0) is 24.3 Å². The molecule has 5 rings (SSSR count). The van der Waals surface area contributed by atoms with Gasteiger partial charge >= 0.3 is 0 Å². The first-order valence-electron chi connectivity index (χ1n) is 7.35. The first kappa shape index (κ1) is 12.3. The molecular formula is C17H13N5O. The van der Waals surface area contributed by atoms with Gasteiger partial charge in [0.15, 0.2) is 17.9 Å². The van der Waals surface area contributed by atoms with Gasteiger partial charge in [-0.15, -0.1) is 0 Å². The van der Waals surface area contributed by atoms with E-state index in [0.29, 0.717) is 11.9 Å². The van der Waals surface area contributed by atoms with E-state index in [9.17, 15) is 0 Å². The SMILES string of the molecule is NC1=N[C@@H](c2cc3ccccc3o2)n2c(nc3ccccc32)N1. The maximum absolute atomic E-state index is 5.99. The van der Waals surface area contributed by atoms with Crippen LogP contribution >= 0.6 is 0 Å². The second kappa shape index (κ2) is 4.36. The fourth-order valence-corrected chi connectivity index (χ4v) is 3.04. The van der Waals surface area contributed by atoms with Crippen molar-refractivity contribution in [2.24, 2.45) is 10.7 Å². The average Bonchev–Trinajstić information content (AvgIpc) is 3.14. The van der Waals surface area contributed by atoms with E-state index < -0.39 is 0 Å². The molecule has 3 heterocycles. The number of nitrogens with zero attached hydrogens (tertiary/aromatic N) is 3. The van der Waals surface area contributed by atoms with Crippen molar-refractivity contribution in [2.75, 3.05) is 5.32 Å². The zero-order chi connectivity index (χ0) is 15.4. The van der Waals surface area contributed by atoms with Gasteiger partial charge in [-0.3, -0.25) is 9.88 Å². The standard InChI is InChI=1S/C17H13N5O/c18-16-20-15(14-9-10-5-1-4-8-13(10)23-14)22-12-7-3-2-6-11(12)19-17(22)21-16/h1-9,15H,(H3,18,19,20,21)/t15-/m1/s1. The highest BCUT2D eigenvalue weighted by Gasteiger charge is 2.27. The zero-order valence-electron chi connectivity index (χ0n) is 12.1. The molecule has 0 saturated carbocycles. The first-order chi connectivity index (χ1) is 11.3. The Morgan fingerprint density at radius 1 is 1.09 bits per heavy atom. The van der Waals surface area contributed by atoms with Crippen LogP contribution in [0.3, 0.4) is 0 Å². The Labute approximate surface area is 131 Å². The molecule has 1 atom stereocenters. The van der Waals surface area contributed by atoms with Gasteiger partial charge in [0.25, 0.3) is 0 Å². The number of benzene rings is 2. The summed E-state index contributed by atoms with van der Waals surface area (Å²) in [7, 11) is 0. The molecule has 0 aliphatic carbocycles. The van der Waals surface area contributed by atoms with Crippen LogP contribution < -0.4 is 11.1 Å². The van der Waals surface area contributed by atoms with Crippen LogP contribution in [0.4, 0.5) is 5.95 Å². The minimum atomic E-state index is -0.369. The number of fused-ring (bicyclic) bond motifs is 4. The van der Waals surface area contributed by atoms with Gasteiger partial charge in [-0.2, -0.15) is 0 Å². The van der Waals surface area contributed by atoms with Crippen molar-refractivity contribution in [3.05, 3.63) is 60.4 Å². The Hall–Kier alpha value is -3.28. The van der Waals surface area contributed by atoms with Crippen LogP contribution in [0.1, 0.15) is 11.9 Å². The number of hydrogen-bond acceptors (Lipinski definition) is 5. The summed E-state index contributed by atoms with van der Waals surface area (Å²) in [5, 5.41) is 4.06. The Bertz CT molecular complexity index is 1040. The smallest absolute Gasteiger partial charge is 0.212 e. The van der Waals surface area contributed by atoms with Gasteiger partial charge in [0.1, 0.15) is 5.58 Å². The molecular weight excluding hydrogens is 290 g/mol. The molecule has 4 aromatic rings. The van der Waals surface area contributed by atoms with Crippen molar-refractivity contribution < 1.29 is 4.42 Å². The highest BCUT2D eigenvalue weighted by atomic mass is 16.3. The van der Waals surface area contributed by atoms with Gasteiger partial charge in [0.05, 0.1) is 11.0 Å². The van der Waals surface area contributed by atoms with Crippen molar-refractivity contribution >= 4 is 33.9 Å². The minimum Gasteiger partial charge on any atom is -0.457 e. The molecule has 6 heteroatoms. The highest BCUT2D eigenvalue weighted by molar-refractivity contribution is 5.94. The molecule has 0 spiro atoms. The Morgan fingerprint density at radius 2 is 1.91 bits per heavy atom. The van der Waals surface area contributed by atoms with E-state index in [0.717, 1.165) is 27.8 Å². The van der Waals surface area contributed by atoms with Crippen molar-refractivity contribution in [1.29, 1.82) is 0 Å². The lowest BCUT2D eigenvalue weighted by Gasteiger charge is -2.21. The Kier molecular flexibility index (Phi) is 2.33. The van der Waals surface area contributed by atoms with Gasteiger partial charge in [0.2, 0.25) is 5.95 Å². The molecule has 0 amide bonds. The van der Waals surface area contributed by atoms with Crippen LogP contribution in [-0.4, -0.2) is 15.5 Å². The molecule has 2 aromatic heterocycles. The van der Waals surface area contributed by atoms with E-state index in [4.69, 9.17) is 10.2 Å². The third-order valence-electron chi connectivity index (χ3n) is 4.04. The molecule has 0 radical (unpaired) electrons. The summed E-state index contributed by atoms with van der Waals surface area (Å²) < 4.78 is 8.00. The molecule has 23 heavy (non-hydrogen) atoms. The number of aliphatic imine (C=N–C) groups is 1. The highest BCUT2D eigenvalue weighted by Crippen LogP contribution is 2.34. The molecule has 3 N–H and O–H groups in total. The van der Waals surface area contributed by atoms with E-state index in [-0.39, 0.29) is 6.17 Å². The van der Waals surface area contributed by atoms with Crippen LogP contribution in [0.15, 0.2) is 64.0 Å². The lowest BCUT2D eigenvalue weighted by atomic mass is 10.2. The molecule has 6 nitrogen and oxygen atoms in total. The van der Waals surface area contributed by atoms with Crippen LogP contribution in [0, 0.1) is 0 Å². The average molecular weight is 303 g/mol. The van der Waals surface area contributed by atoms with Crippen molar-refractivity contribution in [3.8, 4) is 0 Å². The molecule has 1 aliphatic heterocycles. The predicted octanol–water partition coefficient (Wildman–Crippen LogP) is 3.07. The lowest BCUT2D eigenvalue weighted by Crippen LogP contribution is -2.31. The van der Waals surface area contributed by atoms with Crippen LogP contribution in [0.5, 0.6) is 0 Å².